The minimum Gasteiger partial charge on any atom is -0.409 e. The number of carbonyl (C=O) groups is 1. The summed E-state index contributed by atoms with van der Waals surface area (Å²) >= 11 is 0. The molecule has 0 N–H and O–H groups in total. The van der Waals surface area contributed by atoms with Crippen LogP contribution >= 0.6 is 0 Å². The molecule has 0 saturated carbocycles. The maximum Gasteiger partial charge on any atom is 0.424 e. The molecule has 0 aliphatic rings. The molecule has 0 atom stereocenters. The van der Waals surface area contributed by atoms with E-state index in [4.69, 9.17) is 4.74 Å². The number of carbonyl (C=O) groups excluding carboxylic acids is 1. The highest BCUT2D eigenvalue weighted by Crippen LogP contribution is 2.31. The first-order valence-electron chi connectivity index (χ1n) is 5.78. The zero-order chi connectivity index (χ0) is 13.2. The van der Waals surface area contributed by atoms with E-state index < -0.39 is 6.09 Å². The van der Waals surface area contributed by atoms with Crippen LogP contribution in [0.2, 0.25) is 0 Å². The maximum absolute atomic E-state index is 11.9. The van der Waals surface area contributed by atoms with Gasteiger partial charge < -0.3 is 4.74 Å². The minimum atomic E-state index is -0.454. The van der Waals surface area contributed by atoms with Crippen molar-refractivity contribution in [3.05, 3.63) is 48.5 Å². The topological polar surface area (TPSA) is 44.1 Å². The molecule has 0 fully saturated rings. The molecule has 0 saturated heterocycles. The van der Waals surface area contributed by atoms with Crippen LogP contribution in [0, 0.1) is 0 Å². The molecule has 18 heavy (non-hydrogen) atoms. The van der Waals surface area contributed by atoms with Crippen LogP contribution in [0.1, 0.15) is 26.3 Å². The number of benzene rings is 1. The quantitative estimate of drug-likeness (QED) is 0.773. The van der Waals surface area contributed by atoms with Crippen LogP contribution in [0.3, 0.4) is 0 Å². The van der Waals surface area contributed by atoms with E-state index in [2.05, 4.69) is 25.8 Å². The highest BCUT2D eigenvalue weighted by atomic mass is 16.6. The second-order valence-corrected chi connectivity index (χ2v) is 5.08. The molecule has 2 rings (SSSR count). The summed E-state index contributed by atoms with van der Waals surface area (Å²) in [5.41, 5.74) is 0.921. The Labute approximate surface area is 106 Å². The zero-order valence-corrected chi connectivity index (χ0v) is 10.8. The van der Waals surface area contributed by atoms with Crippen molar-refractivity contribution in [3.63, 3.8) is 0 Å². The molecule has 0 amide bonds. The number of hydrogen-bond donors (Lipinski definition) is 0. The molecule has 0 radical (unpaired) electrons. The molecule has 2 aromatic rings. The third-order valence-electron chi connectivity index (χ3n) is 2.61. The summed E-state index contributed by atoms with van der Waals surface area (Å²) in [5, 5.41) is 0. The van der Waals surface area contributed by atoms with Gasteiger partial charge in [-0.1, -0.05) is 39.0 Å². The highest BCUT2D eigenvalue weighted by molar-refractivity contribution is 5.73. The smallest absolute Gasteiger partial charge is 0.409 e. The average Bonchev–Trinajstić information content (AvgIpc) is 2.81. The van der Waals surface area contributed by atoms with Crippen molar-refractivity contribution in [1.82, 2.24) is 9.55 Å². The van der Waals surface area contributed by atoms with Crippen LogP contribution in [0.4, 0.5) is 4.79 Å². The largest absolute Gasteiger partial charge is 0.424 e. The van der Waals surface area contributed by atoms with Crippen LogP contribution in [0.25, 0.3) is 0 Å². The van der Waals surface area contributed by atoms with E-state index in [1.165, 1.54) is 17.1 Å². The fourth-order valence-electron chi connectivity index (χ4n) is 1.69. The Morgan fingerprint density at radius 2 is 2.00 bits per heavy atom. The standard InChI is InChI=1S/C14H16N2O2/c1-14(2,3)11-6-4-5-7-12(11)18-13(17)16-9-8-15-10-16/h4-10H,1-3H3. The summed E-state index contributed by atoms with van der Waals surface area (Å²) in [7, 11) is 0. The second-order valence-electron chi connectivity index (χ2n) is 5.08. The van der Waals surface area contributed by atoms with Gasteiger partial charge >= 0.3 is 6.09 Å². The van der Waals surface area contributed by atoms with Gasteiger partial charge in [0.15, 0.2) is 0 Å². The lowest BCUT2D eigenvalue weighted by Gasteiger charge is -2.21. The van der Waals surface area contributed by atoms with E-state index in [1.54, 1.807) is 12.3 Å². The molecular formula is C14H16N2O2. The number of nitrogens with zero attached hydrogens (tertiary/aromatic N) is 2. The highest BCUT2D eigenvalue weighted by Gasteiger charge is 2.20. The molecule has 4 heteroatoms. The number of aromatic nitrogens is 2. The fourth-order valence-corrected chi connectivity index (χ4v) is 1.69. The van der Waals surface area contributed by atoms with Gasteiger partial charge in [-0.25, -0.2) is 14.3 Å². The number of rotatable bonds is 1. The van der Waals surface area contributed by atoms with E-state index in [9.17, 15) is 4.79 Å². The lowest BCUT2D eigenvalue weighted by molar-refractivity contribution is 0.201. The van der Waals surface area contributed by atoms with Gasteiger partial charge in [-0.3, -0.25) is 0 Å². The average molecular weight is 244 g/mol. The fraction of sp³-hybridized carbons (Fsp3) is 0.286. The van der Waals surface area contributed by atoms with Crippen molar-refractivity contribution in [2.45, 2.75) is 26.2 Å². The van der Waals surface area contributed by atoms with Gasteiger partial charge in [0, 0.05) is 18.0 Å². The van der Waals surface area contributed by atoms with Crippen molar-refractivity contribution in [3.8, 4) is 5.75 Å². The predicted molar refractivity (Wildman–Crippen MR) is 68.8 cm³/mol. The van der Waals surface area contributed by atoms with Gasteiger partial charge in [0.1, 0.15) is 12.1 Å². The first kappa shape index (κ1) is 12.4. The molecule has 94 valence electrons. The van der Waals surface area contributed by atoms with Crippen LogP contribution in [-0.2, 0) is 5.41 Å². The monoisotopic (exact) mass is 244 g/mol. The van der Waals surface area contributed by atoms with Gasteiger partial charge in [-0.05, 0) is 11.5 Å². The Morgan fingerprint density at radius 3 is 2.61 bits per heavy atom. The minimum absolute atomic E-state index is 0.0776. The first-order chi connectivity index (χ1) is 8.48. The van der Waals surface area contributed by atoms with Crippen molar-refractivity contribution in [1.29, 1.82) is 0 Å². The molecule has 0 unspecified atom stereocenters. The Hall–Kier alpha value is -2.10. The number of ether oxygens (including phenoxy) is 1. The van der Waals surface area contributed by atoms with E-state index in [0.29, 0.717) is 5.75 Å². The molecule has 0 aliphatic heterocycles. The predicted octanol–water partition coefficient (Wildman–Crippen LogP) is 3.23. The molecule has 1 aromatic carbocycles. The van der Waals surface area contributed by atoms with Crippen LogP contribution in [0.15, 0.2) is 43.0 Å². The van der Waals surface area contributed by atoms with Gasteiger partial charge in [-0.2, -0.15) is 0 Å². The summed E-state index contributed by atoms with van der Waals surface area (Å²) in [6.45, 7) is 6.24. The van der Waals surface area contributed by atoms with Gasteiger partial charge in [0.05, 0.1) is 0 Å². The Balaban J connectivity index is 2.27. The number of imidazole rings is 1. The number of hydrogen-bond acceptors (Lipinski definition) is 3. The normalized spacial score (nSPS) is 11.3. The molecule has 1 aromatic heterocycles. The van der Waals surface area contributed by atoms with Crippen molar-refractivity contribution in [2.75, 3.05) is 0 Å². The van der Waals surface area contributed by atoms with E-state index in [1.807, 2.05) is 18.2 Å². The summed E-state index contributed by atoms with van der Waals surface area (Å²) in [6, 6.07) is 7.56. The second kappa shape index (κ2) is 4.64. The summed E-state index contributed by atoms with van der Waals surface area (Å²) < 4.78 is 6.71. The van der Waals surface area contributed by atoms with Gasteiger partial charge in [0.2, 0.25) is 0 Å². The summed E-state index contributed by atoms with van der Waals surface area (Å²) in [6.07, 6.45) is 4.06. The van der Waals surface area contributed by atoms with Crippen LogP contribution < -0.4 is 4.74 Å². The molecule has 1 heterocycles. The number of para-hydroxylation sites is 1. The summed E-state index contributed by atoms with van der Waals surface area (Å²) in [5.74, 6) is 0.587. The van der Waals surface area contributed by atoms with Crippen molar-refractivity contribution in [2.24, 2.45) is 0 Å². The van der Waals surface area contributed by atoms with E-state index >= 15 is 0 Å². The molecule has 0 bridgehead atoms. The lowest BCUT2D eigenvalue weighted by atomic mass is 9.86. The third kappa shape index (κ3) is 2.59. The van der Waals surface area contributed by atoms with Gasteiger partial charge in [0.25, 0.3) is 0 Å². The van der Waals surface area contributed by atoms with Crippen molar-refractivity contribution >= 4 is 6.09 Å². The molecular weight excluding hydrogens is 228 g/mol. The molecule has 0 aliphatic carbocycles. The zero-order valence-electron chi connectivity index (χ0n) is 10.8. The van der Waals surface area contributed by atoms with Crippen LogP contribution in [0.5, 0.6) is 5.75 Å². The van der Waals surface area contributed by atoms with Crippen LogP contribution in [-0.4, -0.2) is 15.6 Å². The Bertz CT molecular complexity index is 539. The third-order valence-corrected chi connectivity index (χ3v) is 2.61. The van der Waals surface area contributed by atoms with Crippen molar-refractivity contribution < 1.29 is 9.53 Å². The van der Waals surface area contributed by atoms with E-state index in [0.717, 1.165) is 5.56 Å². The Kier molecular flexibility index (Phi) is 3.19. The Morgan fingerprint density at radius 1 is 1.28 bits per heavy atom. The van der Waals surface area contributed by atoms with E-state index in [-0.39, 0.29) is 5.41 Å². The first-order valence-corrected chi connectivity index (χ1v) is 5.78. The van der Waals surface area contributed by atoms with Gasteiger partial charge in [-0.15, -0.1) is 0 Å². The summed E-state index contributed by atoms with van der Waals surface area (Å²) in [4.78, 5) is 15.7. The lowest BCUT2D eigenvalue weighted by Crippen LogP contribution is -2.19. The molecule has 4 nitrogen and oxygen atoms in total. The SMILES string of the molecule is CC(C)(C)c1ccccc1OC(=O)n1ccnc1. The maximum atomic E-state index is 11.9. The molecule has 0 spiro atoms.